The van der Waals surface area contributed by atoms with E-state index < -0.39 is 0 Å². The molecule has 1 N–H and O–H groups in total. The Morgan fingerprint density at radius 3 is 2.92 bits per heavy atom. The Bertz CT molecular complexity index is 1230. The normalized spacial score (nSPS) is 11.6. The Hall–Kier alpha value is -3.12. The number of hydrogen-bond acceptors (Lipinski definition) is 4. The van der Waals surface area contributed by atoms with Gasteiger partial charge in [0, 0.05) is 33.9 Å². The zero-order chi connectivity index (χ0) is 17.0. The number of aryl methyl sites for hydroxylation is 1. The lowest BCUT2D eigenvalue weighted by Crippen LogP contribution is -1.89. The van der Waals surface area contributed by atoms with Gasteiger partial charge in [0.25, 0.3) is 5.89 Å². The van der Waals surface area contributed by atoms with E-state index in [1.54, 1.807) is 0 Å². The highest BCUT2D eigenvalue weighted by molar-refractivity contribution is 6.31. The molecule has 0 saturated carbocycles. The highest BCUT2D eigenvalue weighted by atomic mass is 35.5. The summed E-state index contributed by atoms with van der Waals surface area (Å²) in [6.07, 6.45) is 1.83. The van der Waals surface area contributed by atoms with Crippen molar-refractivity contribution in [3.63, 3.8) is 0 Å². The SMILES string of the molecule is Cn1ncc2ccc(-c3noc(-c4cc5cc(Cl)ccc5[nH]4)n3)cc21. The molecule has 25 heavy (non-hydrogen) atoms. The zero-order valence-corrected chi connectivity index (χ0v) is 13.9. The second-order valence-electron chi connectivity index (χ2n) is 5.88. The molecule has 0 amide bonds. The van der Waals surface area contributed by atoms with Crippen LogP contribution in [0.1, 0.15) is 0 Å². The summed E-state index contributed by atoms with van der Waals surface area (Å²) in [5.74, 6) is 0.974. The molecule has 0 aliphatic rings. The van der Waals surface area contributed by atoms with E-state index in [9.17, 15) is 0 Å². The lowest BCUT2D eigenvalue weighted by atomic mass is 10.1. The van der Waals surface area contributed by atoms with E-state index in [-0.39, 0.29) is 0 Å². The van der Waals surface area contributed by atoms with E-state index in [0.29, 0.717) is 16.7 Å². The topological polar surface area (TPSA) is 72.5 Å². The number of hydrogen-bond donors (Lipinski definition) is 1. The zero-order valence-electron chi connectivity index (χ0n) is 13.2. The van der Waals surface area contributed by atoms with E-state index in [4.69, 9.17) is 16.1 Å². The van der Waals surface area contributed by atoms with Crippen molar-refractivity contribution in [1.82, 2.24) is 24.9 Å². The summed E-state index contributed by atoms with van der Waals surface area (Å²) in [5.41, 5.74) is 3.63. The molecule has 0 aliphatic heterocycles. The second kappa shape index (κ2) is 5.19. The van der Waals surface area contributed by atoms with Crippen molar-refractivity contribution in [1.29, 1.82) is 0 Å². The lowest BCUT2D eigenvalue weighted by Gasteiger charge is -1.97. The Morgan fingerprint density at radius 2 is 2.00 bits per heavy atom. The van der Waals surface area contributed by atoms with E-state index >= 15 is 0 Å². The van der Waals surface area contributed by atoms with Crippen LogP contribution < -0.4 is 0 Å². The Balaban J connectivity index is 1.58. The van der Waals surface area contributed by atoms with E-state index in [1.807, 2.05) is 60.4 Å². The van der Waals surface area contributed by atoms with Crippen molar-refractivity contribution in [2.24, 2.45) is 7.05 Å². The molecule has 0 bridgehead atoms. The molecule has 3 heterocycles. The van der Waals surface area contributed by atoms with Crippen LogP contribution in [0, 0.1) is 0 Å². The van der Waals surface area contributed by atoms with Crippen LogP contribution in [0.25, 0.3) is 44.8 Å². The molecule has 6 nitrogen and oxygen atoms in total. The number of nitrogens with zero attached hydrogens (tertiary/aromatic N) is 4. The molecule has 0 spiro atoms. The summed E-state index contributed by atoms with van der Waals surface area (Å²) in [7, 11) is 1.91. The van der Waals surface area contributed by atoms with Crippen LogP contribution in [-0.4, -0.2) is 24.9 Å². The molecule has 5 rings (SSSR count). The van der Waals surface area contributed by atoms with Crippen LogP contribution in [0.5, 0.6) is 0 Å². The first kappa shape index (κ1) is 14.2. The van der Waals surface area contributed by atoms with Gasteiger partial charge in [0.15, 0.2) is 0 Å². The van der Waals surface area contributed by atoms with E-state index in [2.05, 4.69) is 20.2 Å². The monoisotopic (exact) mass is 349 g/mol. The Kier molecular flexibility index (Phi) is 2.96. The van der Waals surface area contributed by atoms with Crippen molar-refractivity contribution in [2.45, 2.75) is 0 Å². The maximum absolute atomic E-state index is 6.04. The van der Waals surface area contributed by atoms with Crippen molar-refractivity contribution < 1.29 is 4.52 Å². The molecule has 7 heteroatoms. The number of aromatic amines is 1. The number of benzene rings is 2. The number of H-pyrrole nitrogens is 1. The quantitative estimate of drug-likeness (QED) is 0.512. The van der Waals surface area contributed by atoms with Gasteiger partial charge in [-0.2, -0.15) is 10.1 Å². The third kappa shape index (κ3) is 2.30. The third-order valence-corrected chi connectivity index (χ3v) is 4.48. The first-order valence-corrected chi connectivity index (χ1v) is 8.10. The largest absolute Gasteiger partial charge is 0.351 e. The molecular formula is C18H12ClN5O. The van der Waals surface area contributed by atoms with Crippen LogP contribution in [0.2, 0.25) is 5.02 Å². The number of fused-ring (bicyclic) bond motifs is 2. The number of rotatable bonds is 2. The fourth-order valence-electron chi connectivity index (χ4n) is 2.95. The van der Waals surface area contributed by atoms with Gasteiger partial charge >= 0.3 is 0 Å². The maximum atomic E-state index is 6.04. The highest BCUT2D eigenvalue weighted by Gasteiger charge is 2.14. The van der Waals surface area contributed by atoms with Crippen LogP contribution in [0.3, 0.4) is 0 Å². The van der Waals surface area contributed by atoms with Crippen molar-refractivity contribution in [3.8, 4) is 23.0 Å². The van der Waals surface area contributed by atoms with Crippen LogP contribution in [-0.2, 0) is 7.05 Å². The minimum Gasteiger partial charge on any atom is -0.351 e. The van der Waals surface area contributed by atoms with Crippen LogP contribution in [0.15, 0.2) is 53.2 Å². The van der Waals surface area contributed by atoms with Crippen LogP contribution in [0.4, 0.5) is 0 Å². The fourth-order valence-corrected chi connectivity index (χ4v) is 3.13. The molecule has 5 aromatic rings. The third-order valence-electron chi connectivity index (χ3n) is 4.25. The molecule has 0 aliphatic carbocycles. The number of nitrogens with one attached hydrogen (secondary N) is 1. The van der Waals surface area contributed by atoms with Gasteiger partial charge in [-0.3, -0.25) is 4.68 Å². The van der Waals surface area contributed by atoms with Crippen molar-refractivity contribution in [2.75, 3.05) is 0 Å². The Morgan fingerprint density at radius 1 is 1.08 bits per heavy atom. The molecule has 122 valence electrons. The van der Waals surface area contributed by atoms with Gasteiger partial charge in [-0.05, 0) is 30.3 Å². The lowest BCUT2D eigenvalue weighted by molar-refractivity contribution is 0.431. The van der Waals surface area contributed by atoms with Gasteiger partial charge in [0.2, 0.25) is 5.82 Å². The molecule has 2 aromatic carbocycles. The second-order valence-corrected chi connectivity index (χ2v) is 6.32. The molecule has 3 aromatic heterocycles. The number of halogens is 1. The van der Waals surface area contributed by atoms with Gasteiger partial charge in [-0.1, -0.05) is 28.9 Å². The average Bonchev–Trinajstić information content (AvgIpc) is 3.32. The van der Waals surface area contributed by atoms with Gasteiger partial charge < -0.3 is 9.51 Å². The van der Waals surface area contributed by atoms with Crippen molar-refractivity contribution in [3.05, 3.63) is 53.7 Å². The average molecular weight is 350 g/mol. The summed E-state index contributed by atoms with van der Waals surface area (Å²) in [6, 6.07) is 13.6. The summed E-state index contributed by atoms with van der Waals surface area (Å²) < 4.78 is 7.26. The smallest absolute Gasteiger partial charge is 0.274 e. The van der Waals surface area contributed by atoms with Crippen molar-refractivity contribution >= 4 is 33.4 Å². The summed E-state index contributed by atoms with van der Waals surface area (Å²) in [4.78, 5) is 7.79. The molecular weight excluding hydrogens is 338 g/mol. The first-order chi connectivity index (χ1) is 12.2. The van der Waals surface area contributed by atoms with E-state index in [1.165, 1.54) is 0 Å². The van der Waals surface area contributed by atoms with Gasteiger partial charge in [-0.25, -0.2) is 0 Å². The first-order valence-electron chi connectivity index (χ1n) is 7.72. The van der Waals surface area contributed by atoms with Gasteiger partial charge in [-0.15, -0.1) is 0 Å². The molecule has 0 fully saturated rings. The molecule has 0 saturated heterocycles. The summed E-state index contributed by atoms with van der Waals surface area (Å²) in [5, 5.41) is 11.1. The predicted octanol–water partition coefficient (Wildman–Crippen LogP) is 4.43. The highest BCUT2D eigenvalue weighted by Crippen LogP contribution is 2.28. The van der Waals surface area contributed by atoms with Gasteiger partial charge in [0.1, 0.15) is 5.69 Å². The fraction of sp³-hybridized carbons (Fsp3) is 0.0556. The van der Waals surface area contributed by atoms with Gasteiger partial charge in [0.05, 0.1) is 11.7 Å². The van der Waals surface area contributed by atoms with E-state index in [0.717, 1.165) is 33.1 Å². The summed E-state index contributed by atoms with van der Waals surface area (Å²) in [6.45, 7) is 0. The molecule has 0 radical (unpaired) electrons. The number of aromatic nitrogens is 5. The maximum Gasteiger partial charge on any atom is 0.274 e. The summed E-state index contributed by atoms with van der Waals surface area (Å²) >= 11 is 6.04. The Labute approximate surface area is 147 Å². The van der Waals surface area contributed by atoms with Crippen LogP contribution >= 0.6 is 11.6 Å². The minimum atomic E-state index is 0.437. The molecule has 0 atom stereocenters. The molecule has 0 unspecified atom stereocenters. The predicted molar refractivity (Wildman–Crippen MR) is 96.3 cm³/mol. The standard InChI is InChI=1S/C18H12ClN5O/c1-24-16-8-10(2-3-11(16)9-20-24)17-22-18(25-23-17)15-7-12-6-13(19)4-5-14(12)21-15/h2-9,21H,1H3. The minimum absolute atomic E-state index is 0.437.